The molecule has 1 nitrogen and oxygen atoms in total. The van der Waals surface area contributed by atoms with E-state index in [0.29, 0.717) is 5.92 Å². The zero-order valence-corrected chi connectivity index (χ0v) is 9.92. The minimum Gasteiger partial charge on any atom is -0.461 e. The van der Waals surface area contributed by atoms with Gasteiger partial charge in [-0.3, -0.25) is 0 Å². The molecule has 0 atom stereocenters. The van der Waals surface area contributed by atoms with Gasteiger partial charge in [0.1, 0.15) is 11.3 Å². The van der Waals surface area contributed by atoms with Gasteiger partial charge in [-0.15, -0.1) is 0 Å². The summed E-state index contributed by atoms with van der Waals surface area (Å²) >= 11 is 0. The Hall–Kier alpha value is -1.24. The molecular formula is C14H18O. The minimum absolute atomic E-state index is 0.460. The topological polar surface area (TPSA) is 13.1 Å². The smallest absolute Gasteiger partial charge is 0.134 e. The van der Waals surface area contributed by atoms with Crippen molar-refractivity contribution in [3.05, 3.63) is 35.1 Å². The van der Waals surface area contributed by atoms with Gasteiger partial charge in [-0.25, -0.2) is 0 Å². The summed E-state index contributed by atoms with van der Waals surface area (Å²) in [6, 6.07) is 6.45. The summed E-state index contributed by atoms with van der Waals surface area (Å²) in [4.78, 5) is 0. The van der Waals surface area contributed by atoms with Gasteiger partial charge in [0.2, 0.25) is 0 Å². The van der Waals surface area contributed by atoms with E-state index in [9.17, 15) is 0 Å². The molecule has 1 aromatic heterocycles. The Morgan fingerprint density at radius 1 is 1.27 bits per heavy atom. The van der Waals surface area contributed by atoms with Gasteiger partial charge in [-0.1, -0.05) is 26.8 Å². The first-order valence-corrected chi connectivity index (χ1v) is 5.65. The van der Waals surface area contributed by atoms with Crippen LogP contribution in [0, 0.1) is 6.92 Å². The number of rotatable bonds is 2. The number of furan rings is 1. The fourth-order valence-corrected chi connectivity index (χ4v) is 1.98. The number of fused-ring (bicyclic) bond motifs is 1. The molecule has 0 aliphatic carbocycles. The molecule has 0 unspecified atom stereocenters. The molecule has 0 spiro atoms. The maximum Gasteiger partial charge on any atom is 0.134 e. The third-order valence-corrected chi connectivity index (χ3v) is 3.05. The third-order valence-electron chi connectivity index (χ3n) is 3.05. The van der Waals surface area contributed by atoms with Crippen LogP contribution in [0.2, 0.25) is 0 Å². The van der Waals surface area contributed by atoms with Crippen LogP contribution in [0.1, 0.15) is 43.6 Å². The fourth-order valence-electron chi connectivity index (χ4n) is 1.98. The van der Waals surface area contributed by atoms with Crippen LogP contribution >= 0.6 is 0 Å². The summed E-state index contributed by atoms with van der Waals surface area (Å²) in [7, 11) is 0. The molecule has 0 amide bonds. The van der Waals surface area contributed by atoms with Crippen LogP contribution in [0.25, 0.3) is 11.0 Å². The molecule has 0 saturated heterocycles. The summed E-state index contributed by atoms with van der Waals surface area (Å²) in [6.07, 6.45) is 1.09. The van der Waals surface area contributed by atoms with Crippen LogP contribution in [0.4, 0.5) is 0 Å². The highest BCUT2D eigenvalue weighted by molar-refractivity contribution is 5.82. The predicted molar refractivity (Wildman–Crippen MR) is 64.4 cm³/mol. The standard InChI is InChI=1S/C14H18O/c1-5-11-6-7-13-12(10(11)4)8-14(15-13)9(2)3/h6-9H,5H2,1-4H3. The van der Waals surface area contributed by atoms with E-state index in [1.807, 2.05) is 0 Å². The van der Waals surface area contributed by atoms with Gasteiger partial charge in [-0.2, -0.15) is 0 Å². The van der Waals surface area contributed by atoms with Crippen molar-refractivity contribution in [2.45, 2.75) is 40.0 Å². The number of aryl methyl sites for hydroxylation is 2. The van der Waals surface area contributed by atoms with Crippen LogP contribution in [0.15, 0.2) is 22.6 Å². The Kier molecular flexibility index (Phi) is 2.56. The molecule has 0 aliphatic heterocycles. The van der Waals surface area contributed by atoms with E-state index in [2.05, 4.69) is 45.9 Å². The van der Waals surface area contributed by atoms with Crippen molar-refractivity contribution in [1.82, 2.24) is 0 Å². The van der Waals surface area contributed by atoms with Crippen LogP contribution in [-0.2, 0) is 6.42 Å². The summed E-state index contributed by atoms with van der Waals surface area (Å²) in [5.74, 6) is 1.54. The molecule has 0 bridgehead atoms. The quantitative estimate of drug-likeness (QED) is 0.702. The van der Waals surface area contributed by atoms with Crippen molar-refractivity contribution >= 4 is 11.0 Å². The van der Waals surface area contributed by atoms with Crippen molar-refractivity contribution in [2.24, 2.45) is 0 Å². The molecule has 0 N–H and O–H groups in total. The minimum atomic E-state index is 0.460. The Morgan fingerprint density at radius 3 is 2.60 bits per heavy atom. The molecule has 1 heteroatoms. The van der Waals surface area contributed by atoms with Gasteiger partial charge < -0.3 is 4.42 Å². The summed E-state index contributed by atoms with van der Waals surface area (Å²) in [5, 5.41) is 1.28. The highest BCUT2D eigenvalue weighted by atomic mass is 16.3. The maximum absolute atomic E-state index is 5.81. The zero-order valence-electron chi connectivity index (χ0n) is 9.92. The van der Waals surface area contributed by atoms with Crippen molar-refractivity contribution in [2.75, 3.05) is 0 Å². The van der Waals surface area contributed by atoms with Crippen molar-refractivity contribution in [3.63, 3.8) is 0 Å². The first-order valence-electron chi connectivity index (χ1n) is 5.65. The molecule has 80 valence electrons. The lowest BCUT2D eigenvalue weighted by molar-refractivity contribution is 0.521. The van der Waals surface area contributed by atoms with Gasteiger partial charge in [-0.05, 0) is 36.6 Å². The Morgan fingerprint density at radius 2 is 2.00 bits per heavy atom. The molecule has 0 saturated carbocycles. The lowest BCUT2D eigenvalue weighted by Gasteiger charge is -2.02. The monoisotopic (exact) mass is 202 g/mol. The fraction of sp³-hybridized carbons (Fsp3) is 0.429. The van der Waals surface area contributed by atoms with E-state index in [0.717, 1.165) is 17.8 Å². The van der Waals surface area contributed by atoms with Crippen LogP contribution in [0.5, 0.6) is 0 Å². The van der Waals surface area contributed by atoms with E-state index in [1.54, 1.807) is 0 Å². The summed E-state index contributed by atoms with van der Waals surface area (Å²) in [5.41, 5.74) is 3.80. The lowest BCUT2D eigenvalue weighted by atomic mass is 10.0. The van der Waals surface area contributed by atoms with Crippen LogP contribution < -0.4 is 0 Å². The lowest BCUT2D eigenvalue weighted by Crippen LogP contribution is -1.85. The van der Waals surface area contributed by atoms with Gasteiger partial charge in [0.25, 0.3) is 0 Å². The average molecular weight is 202 g/mol. The van der Waals surface area contributed by atoms with Crippen molar-refractivity contribution in [3.8, 4) is 0 Å². The largest absolute Gasteiger partial charge is 0.461 e. The van der Waals surface area contributed by atoms with E-state index >= 15 is 0 Å². The second-order valence-corrected chi connectivity index (χ2v) is 4.42. The molecule has 1 heterocycles. The second kappa shape index (κ2) is 3.73. The molecule has 0 radical (unpaired) electrons. The average Bonchev–Trinajstić information content (AvgIpc) is 2.63. The molecule has 15 heavy (non-hydrogen) atoms. The molecule has 1 aromatic carbocycles. The van der Waals surface area contributed by atoms with E-state index in [4.69, 9.17) is 4.42 Å². The van der Waals surface area contributed by atoms with Crippen LogP contribution in [0.3, 0.4) is 0 Å². The molecular weight excluding hydrogens is 184 g/mol. The Labute approximate surface area is 91.1 Å². The highest BCUT2D eigenvalue weighted by Crippen LogP contribution is 2.28. The van der Waals surface area contributed by atoms with Crippen LogP contribution in [-0.4, -0.2) is 0 Å². The zero-order chi connectivity index (χ0) is 11.0. The first-order chi connectivity index (χ1) is 7.13. The summed E-state index contributed by atoms with van der Waals surface area (Å²) in [6.45, 7) is 8.69. The molecule has 2 rings (SSSR count). The van der Waals surface area contributed by atoms with Crippen molar-refractivity contribution in [1.29, 1.82) is 0 Å². The number of hydrogen-bond donors (Lipinski definition) is 0. The Bertz CT molecular complexity index is 477. The van der Waals surface area contributed by atoms with Gasteiger partial charge in [0.05, 0.1) is 0 Å². The molecule has 0 fully saturated rings. The first kappa shape index (κ1) is 10.3. The van der Waals surface area contributed by atoms with Gasteiger partial charge in [0, 0.05) is 11.3 Å². The van der Waals surface area contributed by atoms with Gasteiger partial charge in [0.15, 0.2) is 0 Å². The van der Waals surface area contributed by atoms with Gasteiger partial charge >= 0.3 is 0 Å². The van der Waals surface area contributed by atoms with E-state index < -0.39 is 0 Å². The predicted octanol–water partition coefficient (Wildman–Crippen LogP) is 4.43. The maximum atomic E-state index is 5.81. The van der Waals surface area contributed by atoms with E-state index in [-0.39, 0.29) is 0 Å². The third kappa shape index (κ3) is 1.67. The molecule has 0 aliphatic rings. The SMILES string of the molecule is CCc1ccc2oc(C(C)C)cc2c1C. The second-order valence-electron chi connectivity index (χ2n) is 4.42. The van der Waals surface area contributed by atoms with E-state index in [1.165, 1.54) is 16.5 Å². The normalized spacial score (nSPS) is 11.5. The molecule has 2 aromatic rings. The summed E-state index contributed by atoms with van der Waals surface area (Å²) < 4.78 is 5.81. The van der Waals surface area contributed by atoms with Crippen molar-refractivity contribution < 1.29 is 4.42 Å². The Balaban J connectivity index is 2.66. The highest BCUT2D eigenvalue weighted by Gasteiger charge is 2.10. The number of benzene rings is 1. The number of hydrogen-bond acceptors (Lipinski definition) is 1.